The van der Waals surface area contributed by atoms with Gasteiger partial charge in [0.05, 0.1) is 17.7 Å². The number of carbonyl (C=O) groups excluding carboxylic acids is 2. The lowest BCUT2D eigenvalue weighted by Crippen LogP contribution is -2.39. The van der Waals surface area contributed by atoms with Gasteiger partial charge in [0.25, 0.3) is 10.1 Å². The molecule has 0 bridgehead atoms. The Morgan fingerprint density at radius 2 is 1.84 bits per heavy atom. The maximum atomic E-state index is 12.1. The summed E-state index contributed by atoms with van der Waals surface area (Å²) in [6.45, 7) is 5.00. The average Bonchev–Trinajstić information content (AvgIpc) is 2.98. The van der Waals surface area contributed by atoms with E-state index >= 15 is 0 Å². The molecule has 0 heterocycles. The third-order valence-corrected chi connectivity index (χ3v) is 5.85. The highest BCUT2D eigenvalue weighted by Crippen LogP contribution is 2.35. The van der Waals surface area contributed by atoms with Gasteiger partial charge in [-0.25, -0.2) is 4.79 Å². The first kappa shape index (κ1) is 21.7. The van der Waals surface area contributed by atoms with Crippen molar-refractivity contribution in [3.63, 3.8) is 0 Å². The van der Waals surface area contributed by atoms with Gasteiger partial charge in [-0.1, -0.05) is 13.8 Å². The maximum absolute atomic E-state index is 12.1. The fourth-order valence-corrected chi connectivity index (χ4v) is 4.09. The highest BCUT2D eigenvalue weighted by molar-refractivity contribution is 7.85. The van der Waals surface area contributed by atoms with E-state index in [1.165, 1.54) is 6.92 Å². The maximum Gasteiger partial charge on any atom is 0.407 e. The molecule has 1 aliphatic carbocycles. The van der Waals surface area contributed by atoms with E-state index in [4.69, 9.17) is 14.0 Å². The number of nitrogens with one attached hydrogen (secondary N) is 1. The van der Waals surface area contributed by atoms with Crippen molar-refractivity contribution in [1.82, 2.24) is 5.32 Å². The number of carbonyl (C=O) groups is 2. The van der Waals surface area contributed by atoms with E-state index in [9.17, 15) is 18.0 Å². The van der Waals surface area contributed by atoms with Crippen LogP contribution in [0.15, 0.2) is 0 Å². The number of alkyl carbamates (subject to hydrolysis) is 1. The summed E-state index contributed by atoms with van der Waals surface area (Å²) in [7, 11) is -4.30. The third-order valence-electron chi connectivity index (χ3n) is 4.85. The van der Waals surface area contributed by atoms with Gasteiger partial charge in [-0.15, -0.1) is 0 Å². The fraction of sp³-hybridized carbons (Fsp3) is 0.875. The van der Waals surface area contributed by atoms with E-state index in [0.29, 0.717) is 0 Å². The first-order valence-corrected chi connectivity index (χ1v) is 10.3. The van der Waals surface area contributed by atoms with Crippen LogP contribution in [0.4, 0.5) is 4.79 Å². The number of ether oxygens (including phenoxy) is 2. The molecule has 0 spiro atoms. The second-order valence-electron chi connectivity index (χ2n) is 6.84. The van der Waals surface area contributed by atoms with Crippen molar-refractivity contribution < 1.29 is 32.0 Å². The number of esters is 1. The predicted octanol–water partition coefficient (Wildman–Crippen LogP) is 2.28. The van der Waals surface area contributed by atoms with Crippen LogP contribution in [-0.4, -0.2) is 49.5 Å². The van der Waals surface area contributed by atoms with Gasteiger partial charge >= 0.3 is 12.1 Å². The molecule has 0 saturated heterocycles. The van der Waals surface area contributed by atoms with Crippen LogP contribution in [0.25, 0.3) is 0 Å². The van der Waals surface area contributed by atoms with Crippen molar-refractivity contribution in [1.29, 1.82) is 0 Å². The molecular formula is C16H29NO7S. The van der Waals surface area contributed by atoms with E-state index in [1.54, 1.807) is 6.92 Å². The summed E-state index contributed by atoms with van der Waals surface area (Å²) in [5.74, 6) is -1.44. The zero-order valence-corrected chi connectivity index (χ0v) is 16.0. The summed E-state index contributed by atoms with van der Waals surface area (Å²) < 4.78 is 41.5. The smallest absolute Gasteiger partial charge is 0.407 e. The fourth-order valence-electron chi connectivity index (χ4n) is 2.96. The lowest BCUT2D eigenvalue weighted by molar-refractivity contribution is -0.153. The Morgan fingerprint density at radius 1 is 1.24 bits per heavy atom. The second kappa shape index (κ2) is 8.84. The molecule has 1 saturated carbocycles. The molecule has 0 aromatic heterocycles. The standard InChI is InChI=1S/C16H29NO7S/c1-4-15(3,12-25(20,21)22)13(18)23-11-10-17-14(19)24-16(5-2)8-6-7-9-16/h4-12H2,1-3H3,(H,17,19)(H,20,21,22). The summed E-state index contributed by atoms with van der Waals surface area (Å²) >= 11 is 0. The molecule has 0 radical (unpaired) electrons. The number of rotatable bonds is 9. The molecule has 146 valence electrons. The highest BCUT2D eigenvalue weighted by Gasteiger charge is 2.38. The molecule has 9 heteroatoms. The van der Waals surface area contributed by atoms with Crippen LogP contribution in [0, 0.1) is 5.41 Å². The quantitative estimate of drug-likeness (QED) is 0.358. The molecule has 2 N–H and O–H groups in total. The second-order valence-corrected chi connectivity index (χ2v) is 8.29. The number of hydrogen-bond acceptors (Lipinski definition) is 6. The zero-order chi connectivity index (χ0) is 19.1. The van der Waals surface area contributed by atoms with E-state index in [2.05, 4.69) is 5.32 Å². The molecule has 0 aromatic rings. The summed E-state index contributed by atoms with van der Waals surface area (Å²) in [4.78, 5) is 23.9. The van der Waals surface area contributed by atoms with Crippen LogP contribution in [0.2, 0.25) is 0 Å². The van der Waals surface area contributed by atoms with Crippen LogP contribution in [0.5, 0.6) is 0 Å². The van der Waals surface area contributed by atoms with E-state index in [0.717, 1.165) is 32.1 Å². The molecule has 1 rings (SSSR count). The lowest BCUT2D eigenvalue weighted by Gasteiger charge is -2.27. The van der Waals surface area contributed by atoms with Crippen molar-refractivity contribution in [2.75, 3.05) is 18.9 Å². The molecule has 1 amide bonds. The van der Waals surface area contributed by atoms with Crippen molar-refractivity contribution >= 4 is 22.2 Å². The summed E-state index contributed by atoms with van der Waals surface area (Å²) in [6, 6.07) is 0. The lowest BCUT2D eigenvalue weighted by atomic mass is 9.90. The molecule has 1 unspecified atom stereocenters. The minimum atomic E-state index is -4.30. The van der Waals surface area contributed by atoms with Gasteiger partial charge in [-0.2, -0.15) is 8.42 Å². The van der Waals surface area contributed by atoms with Gasteiger partial charge in [0.15, 0.2) is 0 Å². The zero-order valence-electron chi connectivity index (χ0n) is 15.2. The SMILES string of the molecule is CCC1(OC(=O)NCCOC(=O)C(C)(CC)CS(=O)(=O)O)CCCC1. The highest BCUT2D eigenvalue weighted by atomic mass is 32.2. The van der Waals surface area contributed by atoms with E-state index < -0.39 is 38.9 Å². The molecule has 8 nitrogen and oxygen atoms in total. The van der Waals surface area contributed by atoms with Crippen LogP contribution in [-0.2, 0) is 24.4 Å². The largest absolute Gasteiger partial charge is 0.463 e. The molecule has 0 aromatic carbocycles. The number of hydrogen-bond donors (Lipinski definition) is 2. The summed E-state index contributed by atoms with van der Waals surface area (Å²) in [5.41, 5.74) is -1.72. The van der Waals surface area contributed by atoms with Crippen molar-refractivity contribution in [2.24, 2.45) is 5.41 Å². The topological polar surface area (TPSA) is 119 Å². The molecule has 1 fully saturated rings. The van der Waals surface area contributed by atoms with Gasteiger partial charge < -0.3 is 14.8 Å². The van der Waals surface area contributed by atoms with Crippen LogP contribution < -0.4 is 5.32 Å². The first-order chi connectivity index (χ1) is 11.6. The van der Waals surface area contributed by atoms with Crippen LogP contribution >= 0.6 is 0 Å². The predicted molar refractivity (Wildman–Crippen MR) is 91.7 cm³/mol. The van der Waals surface area contributed by atoms with E-state index in [1.807, 2.05) is 6.92 Å². The van der Waals surface area contributed by atoms with Gasteiger partial charge in [0.1, 0.15) is 12.2 Å². The Hall–Kier alpha value is -1.35. The first-order valence-electron chi connectivity index (χ1n) is 8.65. The molecule has 25 heavy (non-hydrogen) atoms. The molecule has 0 aliphatic heterocycles. The molecular weight excluding hydrogens is 350 g/mol. The normalized spacial score (nSPS) is 19.0. The average molecular weight is 379 g/mol. The summed E-state index contributed by atoms with van der Waals surface area (Å²) in [6.07, 6.45) is 4.22. The van der Waals surface area contributed by atoms with Crippen molar-refractivity contribution in [2.45, 2.75) is 64.9 Å². The molecule has 1 aliphatic rings. The summed E-state index contributed by atoms with van der Waals surface area (Å²) in [5, 5.41) is 2.54. The number of amides is 1. The van der Waals surface area contributed by atoms with Gasteiger partial charge in [0, 0.05) is 0 Å². The Morgan fingerprint density at radius 3 is 2.32 bits per heavy atom. The Labute approximate surface area is 149 Å². The van der Waals surface area contributed by atoms with Gasteiger partial charge in [0.2, 0.25) is 0 Å². The van der Waals surface area contributed by atoms with Crippen LogP contribution in [0.1, 0.15) is 59.3 Å². The minimum absolute atomic E-state index is 0.0655. The van der Waals surface area contributed by atoms with Crippen LogP contribution in [0.3, 0.4) is 0 Å². The Balaban J connectivity index is 2.38. The van der Waals surface area contributed by atoms with Gasteiger partial charge in [-0.05, 0) is 45.4 Å². The van der Waals surface area contributed by atoms with E-state index in [-0.39, 0.29) is 19.6 Å². The van der Waals surface area contributed by atoms with Gasteiger partial charge in [-0.3, -0.25) is 9.35 Å². The Kier molecular flexibility index (Phi) is 7.67. The van der Waals surface area contributed by atoms with Crippen molar-refractivity contribution in [3.05, 3.63) is 0 Å². The molecule has 1 atom stereocenters. The third kappa shape index (κ3) is 6.81. The minimum Gasteiger partial charge on any atom is -0.463 e. The monoisotopic (exact) mass is 379 g/mol. The Bertz CT molecular complexity index is 569. The van der Waals surface area contributed by atoms with Crippen molar-refractivity contribution in [3.8, 4) is 0 Å².